The summed E-state index contributed by atoms with van der Waals surface area (Å²) < 4.78 is 4.92. The van der Waals surface area contributed by atoms with E-state index in [9.17, 15) is 9.59 Å². The SMILES string of the molecule is CC(=O)Cl.CC(=O)O.CC(=O)c1c(Cl)cnc2c1ccn2[Si](C(C)C)(C(C)C)C(C)C.CC(C)[Si](C(C)C)(C(C)C)n1ccc2cc(Cl)cnc21. The number of aliphatic carboxylic acids is 1. The van der Waals surface area contributed by atoms with Gasteiger partial charge >= 0.3 is 0 Å². The normalized spacial score (nSPS) is 11.9. The predicted octanol–water partition coefficient (Wildman–Crippen LogP) is 12.5. The van der Waals surface area contributed by atoms with Crippen molar-refractivity contribution in [3.8, 4) is 0 Å². The van der Waals surface area contributed by atoms with Crippen molar-refractivity contribution in [2.45, 2.75) is 137 Å². The summed E-state index contributed by atoms with van der Waals surface area (Å²) in [6.45, 7) is 32.1. The Hall–Kier alpha value is -2.51. The molecular formula is C38H59Cl3N4O4Si2. The Labute approximate surface area is 322 Å². The standard InChI is InChI=1S/C18H27ClN2OSi.C16H25ClN2Si.C2H3ClO.C2H4O2/c1-11(2)23(12(3)4,13(5)6)21-9-8-15-17(14(7)22)16(19)10-20-18(15)21;1-11(2)20(12(3)4,13(5)6)19-8-7-14-9-15(17)10-18-16(14)19;2*1-2(3)4/h8-13H,1-7H3;7-13H,1-6H3;1H3;1H3,(H,3,4). The second-order valence-electron chi connectivity index (χ2n) is 14.9. The molecule has 0 radical (unpaired) electrons. The first-order valence-electron chi connectivity index (χ1n) is 17.6. The lowest BCUT2D eigenvalue weighted by molar-refractivity contribution is -0.134. The van der Waals surface area contributed by atoms with E-state index in [2.05, 4.69) is 132 Å². The van der Waals surface area contributed by atoms with Crippen molar-refractivity contribution in [3.63, 3.8) is 0 Å². The third kappa shape index (κ3) is 10.3. The molecule has 0 aromatic carbocycles. The summed E-state index contributed by atoms with van der Waals surface area (Å²) >= 11 is 16.9. The molecule has 8 nitrogen and oxygen atoms in total. The highest BCUT2D eigenvalue weighted by Gasteiger charge is 2.47. The van der Waals surface area contributed by atoms with Gasteiger partial charge in [0.05, 0.1) is 10.0 Å². The van der Waals surface area contributed by atoms with Gasteiger partial charge in [-0.25, -0.2) is 9.97 Å². The van der Waals surface area contributed by atoms with Crippen LogP contribution in [0.1, 0.15) is 114 Å². The lowest BCUT2D eigenvalue weighted by Gasteiger charge is -2.44. The number of carbonyl (C=O) groups is 3. The minimum absolute atomic E-state index is 0.00828. The van der Waals surface area contributed by atoms with E-state index in [1.54, 1.807) is 19.3 Å². The predicted molar refractivity (Wildman–Crippen MR) is 222 cm³/mol. The van der Waals surface area contributed by atoms with Gasteiger partial charge in [0.25, 0.3) is 5.97 Å². The molecule has 0 spiro atoms. The largest absolute Gasteiger partial charge is 0.481 e. The molecule has 0 saturated heterocycles. The summed E-state index contributed by atoms with van der Waals surface area (Å²) in [6, 6.07) is 6.18. The van der Waals surface area contributed by atoms with E-state index in [0.717, 1.165) is 29.0 Å². The van der Waals surface area contributed by atoms with Gasteiger partial charge in [0.1, 0.15) is 11.3 Å². The van der Waals surface area contributed by atoms with E-state index < -0.39 is 22.4 Å². The van der Waals surface area contributed by atoms with Crippen LogP contribution in [-0.2, 0) is 9.59 Å². The van der Waals surface area contributed by atoms with E-state index in [1.807, 2.05) is 12.1 Å². The minimum Gasteiger partial charge on any atom is -0.481 e. The van der Waals surface area contributed by atoms with E-state index in [1.165, 1.54) is 6.92 Å². The summed E-state index contributed by atoms with van der Waals surface area (Å²) in [7, 11) is -3.61. The Morgan fingerprint density at radius 1 is 0.667 bits per heavy atom. The molecule has 1 N–H and O–H groups in total. The molecule has 51 heavy (non-hydrogen) atoms. The Bertz CT molecular complexity index is 1720. The average molecular weight is 798 g/mol. The number of aromatic nitrogens is 4. The van der Waals surface area contributed by atoms with Gasteiger partial charge in [-0.05, 0) is 82.4 Å². The highest BCUT2D eigenvalue weighted by atomic mass is 35.5. The van der Waals surface area contributed by atoms with Gasteiger partial charge in [0.15, 0.2) is 22.3 Å². The Morgan fingerprint density at radius 3 is 1.39 bits per heavy atom. The molecular weight excluding hydrogens is 739 g/mol. The summed E-state index contributed by atoms with van der Waals surface area (Å²) in [6.07, 6.45) is 7.75. The molecule has 0 fully saturated rings. The van der Waals surface area contributed by atoms with Gasteiger partial charge in [-0.15, -0.1) is 0 Å². The van der Waals surface area contributed by atoms with Crippen LogP contribution in [0.2, 0.25) is 43.3 Å². The molecule has 0 aliphatic heterocycles. The van der Waals surface area contributed by atoms with Crippen LogP contribution in [0.5, 0.6) is 0 Å². The zero-order valence-electron chi connectivity index (χ0n) is 33.1. The van der Waals surface area contributed by atoms with Gasteiger partial charge < -0.3 is 13.6 Å². The Balaban J connectivity index is 0.000000424. The molecule has 0 saturated carbocycles. The van der Waals surface area contributed by atoms with Crippen molar-refractivity contribution in [1.29, 1.82) is 0 Å². The van der Waals surface area contributed by atoms with Crippen LogP contribution in [0.25, 0.3) is 22.1 Å². The van der Waals surface area contributed by atoms with Crippen molar-refractivity contribution in [3.05, 3.63) is 58.6 Å². The number of carboxylic acids is 1. The summed E-state index contributed by atoms with van der Waals surface area (Å²) in [5, 5.41) is 10.2. The van der Waals surface area contributed by atoms with Crippen LogP contribution in [0, 0.1) is 0 Å². The number of Topliss-reactive ketones (excluding diaryl/α,β-unsaturated/α-hetero) is 1. The monoisotopic (exact) mass is 796 g/mol. The van der Waals surface area contributed by atoms with E-state index in [-0.39, 0.29) is 11.0 Å². The molecule has 0 atom stereocenters. The third-order valence-electron chi connectivity index (χ3n) is 9.90. The second kappa shape index (κ2) is 19.5. The second-order valence-corrected chi connectivity index (χ2v) is 27.7. The smallest absolute Gasteiger partial charge is 0.300 e. The van der Waals surface area contributed by atoms with Crippen LogP contribution < -0.4 is 0 Å². The number of carbonyl (C=O) groups excluding carboxylic acids is 2. The fourth-order valence-corrected chi connectivity index (χ4v) is 22.3. The van der Waals surface area contributed by atoms with E-state index >= 15 is 0 Å². The first-order valence-corrected chi connectivity index (χ1v) is 23.1. The summed E-state index contributed by atoms with van der Waals surface area (Å²) in [5.41, 5.74) is 6.28. The van der Waals surface area contributed by atoms with Crippen molar-refractivity contribution in [2.24, 2.45) is 0 Å². The topological polar surface area (TPSA) is 107 Å². The first kappa shape index (κ1) is 46.5. The number of fused-ring (bicyclic) bond motifs is 2. The maximum absolute atomic E-state index is 12.0. The number of hydrogen-bond donors (Lipinski definition) is 1. The number of hydrogen-bond acceptors (Lipinski definition) is 5. The molecule has 4 heterocycles. The van der Waals surface area contributed by atoms with Crippen molar-refractivity contribution >= 4 is 90.3 Å². The molecule has 0 aliphatic carbocycles. The number of nitrogens with zero attached hydrogens (tertiary/aromatic N) is 4. The van der Waals surface area contributed by atoms with Gasteiger partial charge in [0, 0.05) is 42.6 Å². The first-order chi connectivity index (χ1) is 23.4. The maximum atomic E-state index is 12.0. The Kier molecular flexibility index (Phi) is 17.8. The van der Waals surface area contributed by atoms with Crippen molar-refractivity contribution < 1.29 is 19.5 Å². The molecule has 0 unspecified atom stereocenters. The quantitative estimate of drug-likeness (QED) is 0.103. The maximum Gasteiger partial charge on any atom is 0.300 e. The fourth-order valence-electron chi connectivity index (χ4n) is 8.71. The van der Waals surface area contributed by atoms with E-state index in [4.69, 9.17) is 33.1 Å². The molecule has 4 aromatic heterocycles. The van der Waals surface area contributed by atoms with Gasteiger partial charge in [0.2, 0.25) is 5.24 Å². The molecule has 4 aromatic rings. The molecule has 0 bridgehead atoms. The van der Waals surface area contributed by atoms with Gasteiger partial charge in [-0.2, -0.15) is 0 Å². The van der Waals surface area contributed by atoms with Crippen molar-refractivity contribution in [1.82, 2.24) is 18.4 Å². The number of halogens is 3. The molecule has 13 heteroatoms. The lowest BCUT2D eigenvalue weighted by Crippen LogP contribution is -2.51. The zero-order valence-corrected chi connectivity index (χ0v) is 37.4. The zero-order chi connectivity index (χ0) is 39.8. The minimum atomic E-state index is -1.89. The Morgan fingerprint density at radius 2 is 1.02 bits per heavy atom. The van der Waals surface area contributed by atoms with Crippen LogP contribution in [-0.4, -0.2) is 57.0 Å². The number of pyridine rings is 2. The molecule has 0 amide bonds. The van der Waals surface area contributed by atoms with Crippen LogP contribution in [0.3, 0.4) is 0 Å². The number of rotatable bonds is 9. The summed E-state index contributed by atoms with van der Waals surface area (Å²) in [5.74, 6) is -0.842. The average Bonchev–Trinajstić information content (AvgIpc) is 3.56. The molecule has 0 aliphatic rings. The van der Waals surface area contributed by atoms with Crippen LogP contribution in [0.15, 0.2) is 43.0 Å². The van der Waals surface area contributed by atoms with Gasteiger partial charge in [-0.1, -0.05) is 106 Å². The van der Waals surface area contributed by atoms with Crippen molar-refractivity contribution in [2.75, 3.05) is 0 Å². The molecule has 4 rings (SSSR count). The highest BCUT2D eigenvalue weighted by Crippen LogP contribution is 2.45. The lowest BCUT2D eigenvalue weighted by atomic mass is 10.1. The van der Waals surface area contributed by atoms with E-state index in [0.29, 0.717) is 48.9 Å². The summed E-state index contributed by atoms with van der Waals surface area (Å²) in [4.78, 5) is 39.5. The number of ketones is 1. The van der Waals surface area contributed by atoms with Crippen LogP contribution in [0.4, 0.5) is 0 Å². The highest BCUT2D eigenvalue weighted by molar-refractivity contribution is 6.83. The molecule has 284 valence electrons. The number of carboxylic acid groups (broad SMARTS) is 1. The van der Waals surface area contributed by atoms with Crippen LogP contribution >= 0.6 is 34.8 Å². The fraction of sp³-hybridized carbons (Fsp3) is 0.553. The van der Waals surface area contributed by atoms with Gasteiger partial charge in [-0.3, -0.25) is 14.4 Å². The third-order valence-corrected chi connectivity index (χ3v) is 23.9.